The highest BCUT2D eigenvalue weighted by molar-refractivity contribution is 5.85. The van der Waals surface area contributed by atoms with E-state index in [1.807, 2.05) is 19.1 Å². The van der Waals surface area contributed by atoms with Gasteiger partial charge in [-0.25, -0.2) is 0 Å². The van der Waals surface area contributed by atoms with Crippen LogP contribution in [-0.4, -0.2) is 34.5 Å². The van der Waals surface area contributed by atoms with Gasteiger partial charge in [0.2, 0.25) is 5.91 Å². The van der Waals surface area contributed by atoms with Crippen molar-refractivity contribution in [2.75, 3.05) is 6.54 Å². The number of phenolic OH excluding ortho intramolecular Hbond substituents is 1. The molecule has 0 aliphatic carbocycles. The fourth-order valence-corrected chi connectivity index (χ4v) is 4.33. The molecule has 0 fully saturated rings. The fraction of sp³-hybridized carbons (Fsp3) is 0.500. The second-order valence-corrected chi connectivity index (χ2v) is 8.70. The molecule has 0 aliphatic rings. The van der Waals surface area contributed by atoms with Crippen LogP contribution in [0.25, 0.3) is 0 Å². The van der Waals surface area contributed by atoms with Crippen molar-refractivity contribution in [1.82, 2.24) is 10.2 Å². The lowest BCUT2D eigenvalue weighted by atomic mass is 9.86. The van der Waals surface area contributed by atoms with Crippen molar-refractivity contribution in [2.45, 2.75) is 78.4 Å². The summed E-state index contributed by atoms with van der Waals surface area (Å²) in [4.78, 5) is 14.1. The summed E-state index contributed by atoms with van der Waals surface area (Å²) in [5, 5.41) is 13.5. The first-order valence-electron chi connectivity index (χ1n) is 11.1. The number of hydrogen-bond donors (Lipinski definition) is 2. The van der Waals surface area contributed by atoms with Gasteiger partial charge in [-0.2, -0.15) is 0 Å². The summed E-state index contributed by atoms with van der Waals surface area (Å²) in [5.74, 6) is 0.361. The third-order valence-electron chi connectivity index (χ3n) is 5.76. The van der Waals surface area contributed by atoms with Crippen molar-refractivity contribution in [3.05, 3.63) is 65.2 Å². The highest BCUT2D eigenvalue weighted by Crippen LogP contribution is 2.33. The van der Waals surface area contributed by atoms with E-state index in [0.29, 0.717) is 12.1 Å². The SMILES string of the molecule is CCC(NC(C)=O)c1cc(O)cc(C(CCN(C(C)C)C(C)C)c2ccccc2)c1.Cl. The van der Waals surface area contributed by atoms with Gasteiger partial charge in [-0.3, -0.25) is 9.69 Å². The summed E-state index contributed by atoms with van der Waals surface area (Å²) in [6.07, 6.45) is 1.73. The molecular formula is C26H39ClN2O2. The lowest BCUT2D eigenvalue weighted by Gasteiger charge is -2.32. The molecule has 1 amide bonds. The predicted molar refractivity (Wildman–Crippen MR) is 132 cm³/mol. The van der Waals surface area contributed by atoms with Crippen molar-refractivity contribution in [1.29, 1.82) is 0 Å². The monoisotopic (exact) mass is 446 g/mol. The van der Waals surface area contributed by atoms with Crippen molar-refractivity contribution in [2.24, 2.45) is 0 Å². The van der Waals surface area contributed by atoms with Gasteiger partial charge < -0.3 is 10.4 Å². The molecule has 2 rings (SSSR count). The van der Waals surface area contributed by atoms with Gasteiger partial charge in [-0.05, 0) is 75.9 Å². The first-order valence-corrected chi connectivity index (χ1v) is 11.1. The number of nitrogens with zero attached hydrogens (tertiary/aromatic N) is 1. The van der Waals surface area contributed by atoms with E-state index >= 15 is 0 Å². The largest absolute Gasteiger partial charge is 0.508 e. The van der Waals surface area contributed by atoms with E-state index in [2.05, 4.69) is 68.2 Å². The van der Waals surface area contributed by atoms with Crippen molar-refractivity contribution in [3.8, 4) is 5.75 Å². The first-order chi connectivity index (χ1) is 14.2. The smallest absolute Gasteiger partial charge is 0.217 e. The molecule has 4 nitrogen and oxygen atoms in total. The van der Waals surface area contributed by atoms with E-state index in [9.17, 15) is 9.90 Å². The second kappa shape index (κ2) is 12.7. The van der Waals surface area contributed by atoms with Crippen LogP contribution in [0.3, 0.4) is 0 Å². The molecule has 0 aromatic heterocycles. The summed E-state index contributed by atoms with van der Waals surface area (Å²) < 4.78 is 0. The zero-order valence-electron chi connectivity index (χ0n) is 19.8. The summed E-state index contributed by atoms with van der Waals surface area (Å²) in [6, 6.07) is 17.1. The Morgan fingerprint density at radius 3 is 2.06 bits per heavy atom. The number of carbonyl (C=O) groups is 1. The van der Waals surface area contributed by atoms with Gasteiger partial charge in [0.15, 0.2) is 0 Å². The Hall–Kier alpha value is -2.04. The number of nitrogens with one attached hydrogen (secondary N) is 1. The average Bonchev–Trinajstić information content (AvgIpc) is 2.68. The number of carbonyl (C=O) groups excluding carboxylic acids is 1. The second-order valence-electron chi connectivity index (χ2n) is 8.70. The van der Waals surface area contributed by atoms with Gasteiger partial charge in [-0.1, -0.05) is 43.3 Å². The molecule has 0 heterocycles. The molecule has 31 heavy (non-hydrogen) atoms. The van der Waals surface area contributed by atoms with Crippen LogP contribution >= 0.6 is 12.4 Å². The normalized spacial score (nSPS) is 13.2. The molecule has 2 N–H and O–H groups in total. The van der Waals surface area contributed by atoms with Gasteiger partial charge >= 0.3 is 0 Å². The van der Waals surface area contributed by atoms with Crippen LogP contribution in [0.1, 0.15) is 83.0 Å². The van der Waals surface area contributed by atoms with Gasteiger partial charge in [0.25, 0.3) is 0 Å². The maximum atomic E-state index is 11.6. The van der Waals surface area contributed by atoms with E-state index in [1.54, 1.807) is 6.07 Å². The first kappa shape index (κ1) is 27.0. The van der Waals surface area contributed by atoms with Gasteiger partial charge in [-0.15, -0.1) is 12.4 Å². The highest BCUT2D eigenvalue weighted by atomic mass is 35.5. The molecule has 0 radical (unpaired) electrons. The topological polar surface area (TPSA) is 52.6 Å². The Kier molecular flexibility index (Phi) is 11.1. The maximum absolute atomic E-state index is 11.6. The van der Waals surface area contributed by atoms with Crippen molar-refractivity contribution < 1.29 is 9.90 Å². The Morgan fingerprint density at radius 2 is 1.55 bits per heavy atom. The van der Waals surface area contributed by atoms with Crippen LogP contribution in [0.4, 0.5) is 0 Å². The van der Waals surface area contributed by atoms with Gasteiger partial charge in [0.1, 0.15) is 5.75 Å². The standard InChI is InChI=1S/C26H38N2O2.ClH/c1-7-26(27-20(6)29)23-15-22(16-24(30)17-23)25(21-11-9-8-10-12-21)13-14-28(18(2)3)19(4)5;/h8-12,15-19,25-26,30H,7,13-14H2,1-6H3,(H,27,29);1H. The predicted octanol–water partition coefficient (Wildman–Crippen LogP) is 6.04. The minimum Gasteiger partial charge on any atom is -0.508 e. The molecule has 2 aromatic carbocycles. The zero-order chi connectivity index (χ0) is 22.3. The number of aromatic hydroxyl groups is 1. The summed E-state index contributed by atoms with van der Waals surface area (Å²) >= 11 is 0. The molecule has 0 saturated heterocycles. The van der Waals surface area contributed by atoms with Crippen molar-refractivity contribution in [3.63, 3.8) is 0 Å². The maximum Gasteiger partial charge on any atom is 0.217 e. The summed E-state index contributed by atoms with van der Waals surface area (Å²) in [7, 11) is 0. The Balaban J connectivity index is 0.00000480. The molecular weight excluding hydrogens is 408 g/mol. The molecule has 2 unspecified atom stereocenters. The minimum absolute atomic E-state index is 0. The molecule has 5 heteroatoms. The quantitative estimate of drug-likeness (QED) is 0.467. The van der Waals surface area contributed by atoms with Crippen molar-refractivity contribution >= 4 is 18.3 Å². The molecule has 0 bridgehead atoms. The molecule has 0 saturated carbocycles. The molecule has 0 spiro atoms. The molecule has 172 valence electrons. The number of amides is 1. The van der Waals surface area contributed by atoms with Crippen LogP contribution < -0.4 is 5.32 Å². The lowest BCUT2D eigenvalue weighted by Crippen LogP contribution is -2.38. The Bertz CT molecular complexity index is 800. The van der Waals surface area contributed by atoms with Crippen LogP contribution in [-0.2, 0) is 4.79 Å². The average molecular weight is 447 g/mol. The minimum atomic E-state index is -0.104. The van der Waals surface area contributed by atoms with E-state index in [4.69, 9.17) is 0 Å². The Labute approximate surface area is 194 Å². The molecule has 2 atom stereocenters. The zero-order valence-corrected chi connectivity index (χ0v) is 20.6. The number of halogens is 1. The highest BCUT2D eigenvalue weighted by Gasteiger charge is 2.21. The van der Waals surface area contributed by atoms with E-state index < -0.39 is 0 Å². The van der Waals surface area contributed by atoms with Crippen LogP contribution in [0.2, 0.25) is 0 Å². The van der Waals surface area contributed by atoms with E-state index in [-0.39, 0.29) is 36.0 Å². The van der Waals surface area contributed by atoms with Crippen LogP contribution in [0, 0.1) is 0 Å². The summed E-state index contributed by atoms with van der Waals surface area (Å²) in [5.41, 5.74) is 3.29. The number of hydrogen-bond acceptors (Lipinski definition) is 3. The summed E-state index contributed by atoms with van der Waals surface area (Å²) in [6.45, 7) is 13.5. The number of phenols is 1. The number of rotatable bonds is 10. The van der Waals surface area contributed by atoms with Gasteiger partial charge in [0, 0.05) is 24.9 Å². The fourth-order valence-electron chi connectivity index (χ4n) is 4.33. The van der Waals surface area contributed by atoms with E-state index in [0.717, 1.165) is 30.5 Å². The van der Waals surface area contributed by atoms with Crippen LogP contribution in [0.15, 0.2) is 48.5 Å². The lowest BCUT2D eigenvalue weighted by molar-refractivity contribution is -0.119. The van der Waals surface area contributed by atoms with Crippen LogP contribution in [0.5, 0.6) is 5.75 Å². The van der Waals surface area contributed by atoms with E-state index in [1.165, 1.54) is 12.5 Å². The number of benzene rings is 2. The molecule has 2 aromatic rings. The third-order valence-corrected chi connectivity index (χ3v) is 5.76. The van der Waals surface area contributed by atoms with Gasteiger partial charge in [0.05, 0.1) is 6.04 Å². The third kappa shape index (κ3) is 7.86. The Morgan fingerprint density at radius 1 is 0.968 bits per heavy atom. The molecule has 0 aliphatic heterocycles.